The number of aliphatic imine (C=N–C) groups is 1. The molecule has 0 aliphatic rings. The summed E-state index contributed by atoms with van der Waals surface area (Å²) in [6.45, 7) is 0. The van der Waals surface area contributed by atoms with E-state index in [0.29, 0.717) is 4.88 Å². The van der Waals surface area contributed by atoms with E-state index in [2.05, 4.69) is 22.2 Å². The molecule has 0 atom stereocenters. The molecule has 5 nitrogen and oxygen atoms in total. The highest BCUT2D eigenvalue weighted by Gasteiger charge is 2.02. The Labute approximate surface area is 76.6 Å². The molecule has 0 unspecified atom stereocenters. The number of hydrogen-bond acceptors (Lipinski definition) is 4. The van der Waals surface area contributed by atoms with Crippen molar-refractivity contribution in [3.8, 4) is 5.88 Å². The van der Waals surface area contributed by atoms with Crippen molar-refractivity contribution in [3.05, 3.63) is 14.5 Å². The fraction of sp³-hybridized carbons (Fsp3) is 0. The number of hydrogen-bond donors (Lipinski definition) is 3. The van der Waals surface area contributed by atoms with E-state index in [-0.39, 0.29) is 15.9 Å². The molecule has 0 saturated carbocycles. The molecule has 1 rings (SSSR count). The lowest BCUT2D eigenvalue weighted by Crippen LogP contribution is -2.03. The molecule has 0 amide bonds. The fourth-order valence-electron chi connectivity index (χ4n) is 0.542. The first-order valence-corrected chi connectivity index (χ1v) is 4.07. The van der Waals surface area contributed by atoms with Gasteiger partial charge in [-0.05, 0) is 12.2 Å². The second kappa shape index (κ2) is 3.46. The molecule has 12 heavy (non-hydrogen) atoms. The third-order valence-electron chi connectivity index (χ3n) is 0.966. The monoisotopic (exact) mass is 203 g/mol. The van der Waals surface area contributed by atoms with E-state index in [1.165, 1.54) is 6.21 Å². The zero-order valence-corrected chi connectivity index (χ0v) is 7.41. The van der Waals surface area contributed by atoms with Crippen LogP contribution in [-0.2, 0) is 0 Å². The van der Waals surface area contributed by atoms with Gasteiger partial charge in [-0.2, -0.15) is 0 Å². The van der Waals surface area contributed by atoms with Crippen LogP contribution in [0.15, 0.2) is 9.79 Å². The molecule has 1 aromatic rings. The molecular weight excluding hydrogens is 198 g/mol. The molecule has 7 heteroatoms. The SMILES string of the molecule is NC(=S)/N=C/c1sc(=O)[nH]c1O. The predicted octanol–water partition coefficient (Wildman–Crippen LogP) is -0.196. The van der Waals surface area contributed by atoms with Crippen LogP contribution < -0.4 is 10.6 Å². The Balaban J connectivity index is 2.96. The standard InChI is InChI=1S/C5H5N3O2S2/c6-4(11)7-1-2-3(9)8-5(10)12-2/h1,9H,(H2,6,11)(H,8,10)/b7-1+. The summed E-state index contributed by atoms with van der Waals surface area (Å²) in [5.41, 5.74) is 5.07. The van der Waals surface area contributed by atoms with E-state index in [4.69, 9.17) is 10.8 Å². The number of nitrogens with one attached hydrogen (secondary N) is 1. The molecule has 1 aromatic heterocycles. The van der Waals surface area contributed by atoms with Gasteiger partial charge in [-0.3, -0.25) is 9.78 Å². The van der Waals surface area contributed by atoms with Crippen LogP contribution in [0, 0.1) is 0 Å². The molecule has 0 bridgehead atoms. The van der Waals surface area contributed by atoms with E-state index in [1.807, 2.05) is 0 Å². The van der Waals surface area contributed by atoms with Gasteiger partial charge in [0.05, 0.1) is 6.21 Å². The molecule has 0 aliphatic heterocycles. The second-order valence-electron chi connectivity index (χ2n) is 1.82. The Morgan fingerprint density at radius 2 is 2.50 bits per heavy atom. The van der Waals surface area contributed by atoms with Crippen LogP contribution in [-0.4, -0.2) is 21.4 Å². The van der Waals surface area contributed by atoms with Crippen LogP contribution in [0.4, 0.5) is 0 Å². The Morgan fingerprint density at radius 3 is 2.92 bits per heavy atom. The van der Waals surface area contributed by atoms with Gasteiger partial charge in [0.15, 0.2) is 5.11 Å². The van der Waals surface area contributed by atoms with Crippen molar-refractivity contribution in [1.82, 2.24) is 4.98 Å². The maximum Gasteiger partial charge on any atom is 0.307 e. The number of aromatic nitrogens is 1. The Morgan fingerprint density at radius 1 is 1.83 bits per heavy atom. The average molecular weight is 203 g/mol. The van der Waals surface area contributed by atoms with Crippen molar-refractivity contribution in [2.24, 2.45) is 10.7 Å². The van der Waals surface area contributed by atoms with Crippen molar-refractivity contribution in [2.75, 3.05) is 0 Å². The van der Waals surface area contributed by atoms with Crippen LogP contribution in [0.25, 0.3) is 0 Å². The van der Waals surface area contributed by atoms with E-state index in [0.717, 1.165) is 11.3 Å². The molecule has 4 N–H and O–H groups in total. The number of nitrogens with zero attached hydrogens (tertiary/aromatic N) is 1. The molecule has 0 aromatic carbocycles. The predicted molar refractivity (Wildman–Crippen MR) is 51.0 cm³/mol. The molecular formula is C5H5N3O2S2. The number of rotatable bonds is 1. The molecule has 0 radical (unpaired) electrons. The van der Waals surface area contributed by atoms with Gasteiger partial charge in [0, 0.05) is 0 Å². The second-order valence-corrected chi connectivity index (χ2v) is 3.26. The third kappa shape index (κ3) is 2.14. The Bertz CT molecular complexity index is 378. The van der Waals surface area contributed by atoms with Crippen molar-refractivity contribution in [1.29, 1.82) is 0 Å². The minimum Gasteiger partial charge on any atom is -0.493 e. The summed E-state index contributed by atoms with van der Waals surface area (Å²) in [4.78, 5) is 16.3. The number of thiocarbonyl (C=S) groups is 1. The molecule has 64 valence electrons. The zero-order chi connectivity index (χ0) is 9.14. The summed E-state index contributed by atoms with van der Waals surface area (Å²) >= 11 is 5.29. The number of aromatic amines is 1. The van der Waals surface area contributed by atoms with Crippen molar-refractivity contribution >= 4 is 34.9 Å². The highest BCUT2D eigenvalue weighted by Crippen LogP contribution is 2.11. The van der Waals surface area contributed by atoms with Gasteiger partial charge in [0.25, 0.3) is 0 Å². The van der Waals surface area contributed by atoms with Gasteiger partial charge in [0.2, 0.25) is 5.88 Å². The third-order valence-corrected chi connectivity index (χ3v) is 1.88. The van der Waals surface area contributed by atoms with Crippen LogP contribution in [0.3, 0.4) is 0 Å². The van der Waals surface area contributed by atoms with Gasteiger partial charge in [-0.15, -0.1) is 0 Å². The maximum absolute atomic E-state index is 10.6. The van der Waals surface area contributed by atoms with E-state index in [1.54, 1.807) is 0 Å². The van der Waals surface area contributed by atoms with Crippen LogP contribution >= 0.6 is 23.6 Å². The van der Waals surface area contributed by atoms with Gasteiger partial charge in [0.1, 0.15) is 4.88 Å². The van der Waals surface area contributed by atoms with Gasteiger partial charge >= 0.3 is 4.87 Å². The smallest absolute Gasteiger partial charge is 0.307 e. The molecule has 1 heterocycles. The van der Waals surface area contributed by atoms with Crippen molar-refractivity contribution in [2.45, 2.75) is 0 Å². The zero-order valence-electron chi connectivity index (χ0n) is 5.77. The number of aromatic hydroxyl groups is 1. The minimum atomic E-state index is -0.350. The van der Waals surface area contributed by atoms with Crippen LogP contribution in [0.5, 0.6) is 5.88 Å². The summed E-state index contributed by atoms with van der Waals surface area (Å²) < 4.78 is 0. The summed E-state index contributed by atoms with van der Waals surface area (Å²) in [5, 5.41) is 8.98. The normalized spacial score (nSPS) is 10.7. The topological polar surface area (TPSA) is 91.5 Å². The molecule has 0 spiro atoms. The number of nitrogens with two attached hydrogens (primary N) is 1. The molecule has 0 saturated heterocycles. The van der Waals surface area contributed by atoms with E-state index < -0.39 is 0 Å². The molecule has 0 aliphatic carbocycles. The first-order valence-electron chi connectivity index (χ1n) is 2.85. The number of thiazole rings is 1. The van der Waals surface area contributed by atoms with Crippen molar-refractivity contribution in [3.63, 3.8) is 0 Å². The first-order chi connectivity index (χ1) is 5.59. The van der Waals surface area contributed by atoms with E-state index >= 15 is 0 Å². The van der Waals surface area contributed by atoms with Crippen molar-refractivity contribution < 1.29 is 5.11 Å². The minimum absolute atomic E-state index is 0.0461. The highest BCUT2D eigenvalue weighted by atomic mass is 32.1. The van der Waals surface area contributed by atoms with Crippen LogP contribution in [0.1, 0.15) is 4.88 Å². The quantitative estimate of drug-likeness (QED) is 0.435. The largest absolute Gasteiger partial charge is 0.493 e. The summed E-state index contributed by atoms with van der Waals surface area (Å²) in [5.74, 6) is -0.218. The average Bonchev–Trinajstić information content (AvgIpc) is 2.26. The van der Waals surface area contributed by atoms with E-state index in [9.17, 15) is 4.79 Å². The fourth-order valence-corrected chi connectivity index (χ4v) is 1.19. The lowest BCUT2D eigenvalue weighted by molar-refractivity contribution is 0.455. The number of H-pyrrole nitrogens is 1. The lowest BCUT2D eigenvalue weighted by atomic mass is 10.6. The van der Waals surface area contributed by atoms with Gasteiger partial charge < -0.3 is 10.8 Å². The first kappa shape index (κ1) is 8.88. The summed E-state index contributed by atoms with van der Waals surface area (Å²) in [6, 6.07) is 0. The van der Waals surface area contributed by atoms with Crippen LogP contribution in [0.2, 0.25) is 0 Å². The highest BCUT2D eigenvalue weighted by molar-refractivity contribution is 7.80. The summed E-state index contributed by atoms with van der Waals surface area (Å²) in [6.07, 6.45) is 1.24. The van der Waals surface area contributed by atoms with Gasteiger partial charge in [-0.25, -0.2) is 4.99 Å². The maximum atomic E-state index is 10.6. The lowest BCUT2D eigenvalue weighted by Gasteiger charge is -1.85. The Hall–Kier alpha value is -1.21. The Kier molecular flexibility index (Phi) is 2.56. The summed E-state index contributed by atoms with van der Waals surface area (Å²) in [7, 11) is 0. The molecule has 0 fully saturated rings. The van der Waals surface area contributed by atoms with Gasteiger partial charge in [-0.1, -0.05) is 11.3 Å².